The zero-order chi connectivity index (χ0) is 27.4. The number of halogens is 1. The third-order valence-electron chi connectivity index (χ3n) is 7.76. The fourth-order valence-corrected chi connectivity index (χ4v) is 6.45. The van der Waals surface area contributed by atoms with Gasteiger partial charge in [0.25, 0.3) is 0 Å². The molecule has 0 saturated heterocycles. The quantitative estimate of drug-likeness (QED) is 0.280. The largest absolute Gasteiger partial charge is 0.490 e. The molecule has 0 atom stereocenters. The Morgan fingerprint density at radius 1 is 0.897 bits per heavy atom. The fourth-order valence-electron chi connectivity index (χ4n) is 6.05. The van der Waals surface area contributed by atoms with E-state index in [4.69, 9.17) is 14.2 Å². The Labute approximate surface area is 239 Å². The first kappa shape index (κ1) is 27.7. The summed E-state index contributed by atoms with van der Waals surface area (Å²) in [6.07, 6.45) is 5.26. The monoisotopic (exact) mass is 593 g/mol. The number of methoxy groups -OCH3 is 1. The van der Waals surface area contributed by atoms with Gasteiger partial charge in [0.05, 0.1) is 6.61 Å². The van der Waals surface area contributed by atoms with Crippen LogP contribution >= 0.6 is 15.9 Å². The minimum absolute atomic E-state index is 0.148. The van der Waals surface area contributed by atoms with E-state index in [1.165, 1.54) is 0 Å². The molecular formula is C32H36BrNO5. The summed E-state index contributed by atoms with van der Waals surface area (Å²) in [5.74, 6) is 1.19. The van der Waals surface area contributed by atoms with Crippen molar-refractivity contribution in [3.8, 4) is 11.5 Å². The highest BCUT2D eigenvalue weighted by Gasteiger charge is 2.43. The van der Waals surface area contributed by atoms with Crippen LogP contribution in [-0.4, -0.2) is 43.3 Å². The van der Waals surface area contributed by atoms with Crippen molar-refractivity contribution in [2.45, 2.75) is 64.4 Å². The normalized spacial score (nSPS) is 17.9. The van der Waals surface area contributed by atoms with Crippen molar-refractivity contribution >= 4 is 27.5 Å². The highest BCUT2D eigenvalue weighted by molar-refractivity contribution is 9.10. The van der Waals surface area contributed by atoms with Crippen molar-refractivity contribution in [3.63, 3.8) is 0 Å². The molecule has 0 saturated carbocycles. The number of hydrogen-bond acceptors (Lipinski definition) is 6. The van der Waals surface area contributed by atoms with Crippen LogP contribution in [0.5, 0.6) is 11.5 Å². The van der Waals surface area contributed by atoms with E-state index in [9.17, 15) is 9.59 Å². The minimum atomic E-state index is -0.370. The minimum Gasteiger partial charge on any atom is -0.490 e. The summed E-state index contributed by atoms with van der Waals surface area (Å²) in [4.78, 5) is 29.4. The number of nitrogens with zero attached hydrogens (tertiary/aromatic N) is 1. The molecule has 0 unspecified atom stereocenters. The maximum absolute atomic E-state index is 13.5. The summed E-state index contributed by atoms with van der Waals surface area (Å²) in [6, 6.07) is 13.9. The van der Waals surface area contributed by atoms with Gasteiger partial charge in [-0.25, -0.2) is 0 Å². The lowest BCUT2D eigenvalue weighted by Gasteiger charge is -2.44. The van der Waals surface area contributed by atoms with Crippen LogP contribution in [0.2, 0.25) is 0 Å². The first-order valence-electron chi connectivity index (χ1n) is 13.9. The van der Waals surface area contributed by atoms with Gasteiger partial charge in [-0.2, -0.15) is 0 Å². The second-order valence-electron chi connectivity index (χ2n) is 10.2. The van der Waals surface area contributed by atoms with Gasteiger partial charge in [-0.3, -0.25) is 9.59 Å². The van der Waals surface area contributed by atoms with Gasteiger partial charge in [-0.05, 0) is 62.8 Å². The molecule has 2 aromatic carbocycles. The van der Waals surface area contributed by atoms with E-state index >= 15 is 0 Å². The second-order valence-corrected chi connectivity index (χ2v) is 11.1. The molecule has 1 heterocycles. The average molecular weight is 595 g/mol. The van der Waals surface area contributed by atoms with Crippen LogP contribution in [-0.2, 0) is 20.9 Å². The van der Waals surface area contributed by atoms with Crippen LogP contribution in [0.3, 0.4) is 0 Å². The summed E-state index contributed by atoms with van der Waals surface area (Å²) in [7, 11) is 1.71. The molecule has 206 valence electrons. The lowest BCUT2D eigenvalue weighted by atomic mass is 9.71. The van der Waals surface area contributed by atoms with Gasteiger partial charge in [-0.15, -0.1) is 0 Å². The lowest BCUT2D eigenvalue weighted by molar-refractivity contribution is -0.117. The lowest BCUT2D eigenvalue weighted by Crippen LogP contribution is -2.39. The Morgan fingerprint density at radius 2 is 1.59 bits per heavy atom. The fraction of sp³-hybridized carbons (Fsp3) is 0.438. The molecule has 0 spiro atoms. The Morgan fingerprint density at radius 3 is 2.23 bits per heavy atom. The second kappa shape index (κ2) is 12.5. The van der Waals surface area contributed by atoms with Crippen molar-refractivity contribution in [1.82, 2.24) is 4.90 Å². The number of benzene rings is 2. The van der Waals surface area contributed by atoms with Crippen LogP contribution in [0.4, 0.5) is 0 Å². The van der Waals surface area contributed by atoms with Crippen LogP contribution in [0.1, 0.15) is 68.9 Å². The highest BCUT2D eigenvalue weighted by atomic mass is 79.9. The zero-order valence-electron chi connectivity index (χ0n) is 22.8. The summed E-state index contributed by atoms with van der Waals surface area (Å²) in [5.41, 5.74) is 5.71. The number of ether oxygens (including phenoxy) is 3. The Bertz CT molecular complexity index is 1270. The molecule has 0 radical (unpaired) electrons. The third kappa shape index (κ3) is 5.71. The van der Waals surface area contributed by atoms with Crippen LogP contribution in [0.25, 0.3) is 0 Å². The molecule has 7 heteroatoms. The number of carbonyl (C=O) groups excluding carboxylic acids is 2. The number of ketones is 2. The molecule has 0 aromatic heterocycles. The first-order valence-corrected chi connectivity index (χ1v) is 14.7. The zero-order valence-corrected chi connectivity index (χ0v) is 24.3. The van der Waals surface area contributed by atoms with Crippen LogP contribution < -0.4 is 9.47 Å². The molecule has 2 aromatic rings. The van der Waals surface area contributed by atoms with E-state index in [1.54, 1.807) is 7.11 Å². The summed E-state index contributed by atoms with van der Waals surface area (Å²) in [6.45, 7) is 4.21. The van der Waals surface area contributed by atoms with Crippen molar-refractivity contribution in [3.05, 3.63) is 80.6 Å². The standard InChI is InChI=1S/C32H36BrNO5/c1-3-38-29-19-21(15-16-28(29)39-20-22-9-4-5-10-23(22)33)30-31-24(11-6-13-26(31)35)34(17-8-18-37-2)25-12-7-14-27(36)32(25)30/h4-5,9-10,15-16,19,30H,3,6-8,11-14,17-18,20H2,1-2H3. The van der Waals surface area contributed by atoms with Crippen molar-refractivity contribution in [1.29, 1.82) is 0 Å². The number of hydrogen-bond donors (Lipinski definition) is 0. The average Bonchev–Trinajstić information content (AvgIpc) is 2.94. The van der Waals surface area contributed by atoms with Crippen LogP contribution in [0, 0.1) is 0 Å². The van der Waals surface area contributed by atoms with Crippen LogP contribution in [0.15, 0.2) is 69.5 Å². The molecule has 39 heavy (non-hydrogen) atoms. The van der Waals surface area contributed by atoms with E-state index < -0.39 is 0 Å². The molecule has 2 aliphatic carbocycles. The predicted molar refractivity (Wildman–Crippen MR) is 154 cm³/mol. The molecule has 0 bridgehead atoms. The maximum Gasteiger partial charge on any atom is 0.161 e. The SMILES string of the molecule is CCOc1cc(C2C3=C(CCCC3=O)N(CCCOC)C3=C2C(=O)CCC3)ccc1OCc1ccccc1Br. The number of rotatable bonds is 10. The Balaban J connectivity index is 1.56. The van der Waals surface area contributed by atoms with Crippen molar-refractivity contribution in [2.75, 3.05) is 26.9 Å². The van der Waals surface area contributed by atoms with E-state index in [2.05, 4.69) is 20.8 Å². The van der Waals surface area contributed by atoms with E-state index in [0.717, 1.165) is 76.8 Å². The third-order valence-corrected chi connectivity index (χ3v) is 8.53. The molecular weight excluding hydrogens is 558 g/mol. The van der Waals surface area contributed by atoms with E-state index in [-0.39, 0.29) is 17.5 Å². The van der Waals surface area contributed by atoms with Gasteiger partial charge in [0.2, 0.25) is 0 Å². The van der Waals surface area contributed by atoms with Gasteiger partial charge < -0.3 is 19.1 Å². The van der Waals surface area contributed by atoms with Gasteiger partial charge in [0.15, 0.2) is 23.1 Å². The molecule has 1 aliphatic heterocycles. The van der Waals surface area contributed by atoms with Crippen molar-refractivity contribution in [2.24, 2.45) is 0 Å². The van der Waals surface area contributed by atoms with Gasteiger partial charge in [-0.1, -0.05) is 40.2 Å². The number of carbonyl (C=O) groups is 2. The van der Waals surface area contributed by atoms with Gasteiger partial charge in [0, 0.05) is 71.6 Å². The molecule has 0 N–H and O–H groups in total. The molecule has 0 fully saturated rings. The van der Waals surface area contributed by atoms with E-state index in [1.807, 2.05) is 49.4 Å². The smallest absolute Gasteiger partial charge is 0.161 e. The number of allylic oxidation sites excluding steroid dienone is 4. The van der Waals surface area contributed by atoms with Crippen molar-refractivity contribution < 1.29 is 23.8 Å². The highest BCUT2D eigenvalue weighted by Crippen LogP contribution is 2.50. The molecule has 3 aliphatic rings. The molecule has 0 amide bonds. The topological polar surface area (TPSA) is 65.1 Å². The maximum atomic E-state index is 13.5. The summed E-state index contributed by atoms with van der Waals surface area (Å²) >= 11 is 3.59. The molecule has 6 nitrogen and oxygen atoms in total. The predicted octanol–water partition coefficient (Wildman–Crippen LogP) is 6.88. The van der Waals surface area contributed by atoms with Gasteiger partial charge in [0.1, 0.15) is 6.61 Å². The summed E-state index contributed by atoms with van der Waals surface area (Å²) in [5, 5.41) is 0. The molecule has 5 rings (SSSR count). The summed E-state index contributed by atoms with van der Waals surface area (Å²) < 4.78 is 18.5. The Kier molecular flexibility index (Phi) is 8.88. The first-order chi connectivity index (χ1) is 19.0. The van der Waals surface area contributed by atoms with E-state index in [0.29, 0.717) is 44.2 Å². The Hall–Kier alpha value is -2.90. The van der Waals surface area contributed by atoms with Gasteiger partial charge >= 0.3 is 0 Å². The number of Topliss-reactive ketones (excluding diaryl/α,β-unsaturated/α-hetero) is 2.